The molecule has 0 unspecified atom stereocenters. The van der Waals surface area contributed by atoms with Gasteiger partial charge in [0.2, 0.25) is 11.8 Å². The molecule has 0 heterocycles. The van der Waals surface area contributed by atoms with E-state index < -0.39 is 0 Å². The van der Waals surface area contributed by atoms with E-state index in [9.17, 15) is 9.59 Å². The Balaban J connectivity index is 2.60. The molecular weight excluding hydrogens is 280 g/mol. The van der Waals surface area contributed by atoms with Gasteiger partial charge in [0.25, 0.3) is 0 Å². The van der Waals surface area contributed by atoms with Crippen molar-refractivity contribution in [2.75, 3.05) is 22.1 Å². The maximum absolute atomic E-state index is 11.5. The number of carbonyl (C=O) groups excluding carboxylic acids is 2. The van der Waals surface area contributed by atoms with Gasteiger partial charge >= 0.3 is 0 Å². The van der Waals surface area contributed by atoms with Crippen molar-refractivity contribution in [3.05, 3.63) is 36.4 Å². The lowest BCUT2D eigenvalue weighted by Gasteiger charge is -2.17. The van der Waals surface area contributed by atoms with E-state index in [1.54, 1.807) is 24.3 Å². The van der Waals surface area contributed by atoms with Crippen LogP contribution in [0, 0.1) is 0 Å². The molecule has 0 spiro atoms. The summed E-state index contributed by atoms with van der Waals surface area (Å²) in [6, 6.07) is 10.7. The summed E-state index contributed by atoms with van der Waals surface area (Å²) in [6.07, 6.45) is 0. The molecule has 2 amide bonds. The molecule has 0 aliphatic carbocycles. The molecule has 6 nitrogen and oxygen atoms in total. The SMILES string of the molecule is CC(=O)Nc1ccc(-c2cccc(N)c2)c(NC(C)=O)c1N. The first kappa shape index (κ1) is 15.4. The lowest BCUT2D eigenvalue weighted by atomic mass is 10.0. The summed E-state index contributed by atoms with van der Waals surface area (Å²) in [7, 11) is 0. The summed E-state index contributed by atoms with van der Waals surface area (Å²) >= 11 is 0. The van der Waals surface area contributed by atoms with Crippen LogP contribution in [0.2, 0.25) is 0 Å². The molecule has 6 N–H and O–H groups in total. The minimum absolute atomic E-state index is 0.239. The Morgan fingerprint density at radius 3 is 2.23 bits per heavy atom. The van der Waals surface area contributed by atoms with Crippen molar-refractivity contribution < 1.29 is 9.59 Å². The second kappa shape index (κ2) is 6.17. The Labute approximate surface area is 128 Å². The van der Waals surface area contributed by atoms with Crippen molar-refractivity contribution in [2.45, 2.75) is 13.8 Å². The fourth-order valence-electron chi connectivity index (χ4n) is 2.18. The average molecular weight is 298 g/mol. The number of nitrogen functional groups attached to an aromatic ring is 2. The number of rotatable bonds is 3. The quantitative estimate of drug-likeness (QED) is 0.652. The largest absolute Gasteiger partial charge is 0.399 e. The molecular formula is C16H18N4O2. The summed E-state index contributed by atoms with van der Waals surface area (Å²) in [4.78, 5) is 22.7. The fourth-order valence-corrected chi connectivity index (χ4v) is 2.18. The van der Waals surface area contributed by atoms with E-state index in [2.05, 4.69) is 10.6 Å². The highest BCUT2D eigenvalue weighted by molar-refractivity contribution is 6.04. The molecule has 2 aromatic rings. The zero-order valence-corrected chi connectivity index (χ0v) is 12.4. The molecule has 0 saturated heterocycles. The Bertz CT molecular complexity index is 741. The maximum Gasteiger partial charge on any atom is 0.221 e. The third-order valence-corrected chi connectivity index (χ3v) is 3.05. The number of hydrogen-bond acceptors (Lipinski definition) is 4. The minimum atomic E-state index is -0.253. The van der Waals surface area contributed by atoms with Crippen LogP contribution in [0.4, 0.5) is 22.7 Å². The van der Waals surface area contributed by atoms with Gasteiger partial charge in [0, 0.05) is 25.1 Å². The van der Waals surface area contributed by atoms with Crippen LogP contribution in [0.3, 0.4) is 0 Å². The zero-order chi connectivity index (χ0) is 16.3. The van der Waals surface area contributed by atoms with Gasteiger partial charge in [0.1, 0.15) is 0 Å². The van der Waals surface area contributed by atoms with Crippen molar-refractivity contribution >= 4 is 34.6 Å². The minimum Gasteiger partial charge on any atom is -0.399 e. The van der Waals surface area contributed by atoms with Crippen LogP contribution in [0.15, 0.2) is 36.4 Å². The van der Waals surface area contributed by atoms with Crippen molar-refractivity contribution in [3.63, 3.8) is 0 Å². The van der Waals surface area contributed by atoms with Crippen molar-refractivity contribution in [1.29, 1.82) is 0 Å². The molecule has 0 saturated carbocycles. The number of amides is 2. The molecule has 2 aromatic carbocycles. The van der Waals surface area contributed by atoms with E-state index in [4.69, 9.17) is 11.5 Å². The van der Waals surface area contributed by atoms with E-state index in [1.165, 1.54) is 13.8 Å². The van der Waals surface area contributed by atoms with Gasteiger partial charge in [0.15, 0.2) is 0 Å². The van der Waals surface area contributed by atoms with Gasteiger partial charge in [-0.2, -0.15) is 0 Å². The second-order valence-electron chi connectivity index (χ2n) is 4.94. The monoisotopic (exact) mass is 298 g/mol. The van der Waals surface area contributed by atoms with E-state index in [-0.39, 0.29) is 11.8 Å². The molecule has 2 rings (SSSR count). The van der Waals surface area contributed by atoms with Crippen molar-refractivity contribution in [1.82, 2.24) is 0 Å². The Morgan fingerprint density at radius 2 is 1.64 bits per heavy atom. The number of hydrogen-bond donors (Lipinski definition) is 4. The first-order valence-corrected chi connectivity index (χ1v) is 6.72. The van der Waals surface area contributed by atoms with Gasteiger partial charge < -0.3 is 22.1 Å². The van der Waals surface area contributed by atoms with Gasteiger partial charge in [-0.15, -0.1) is 0 Å². The first-order chi connectivity index (χ1) is 10.4. The molecule has 0 fully saturated rings. The normalized spacial score (nSPS) is 10.1. The summed E-state index contributed by atoms with van der Waals surface area (Å²) in [6.45, 7) is 2.79. The molecule has 22 heavy (non-hydrogen) atoms. The first-order valence-electron chi connectivity index (χ1n) is 6.72. The van der Waals surface area contributed by atoms with Crippen LogP contribution < -0.4 is 22.1 Å². The number of benzene rings is 2. The smallest absolute Gasteiger partial charge is 0.221 e. The molecule has 0 aliphatic heterocycles. The van der Waals surface area contributed by atoms with Crippen LogP contribution >= 0.6 is 0 Å². The van der Waals surface area contributed by atoms with Crippen LogP contribution in [-0.2, 0) is 9.59 Å². The van der Waals surface area contributed by atoms with Crippen LogP contribution in [0.25, 0.3) is 11.1 Å². The molecule has 0 aliphatic rings. The van der Waals surface area contributed by atoms with E-state index in [0.29, 0.717) is 22.7 Å². The van der Waals surface area contributed by atoms with Crippen LogP contribution in [0.5, 0.6) is 0 Å². The number of nitrogens with two attached hydrogens (primary N) is 2. The number of carbonyl (C=O) groups is 2. The topological polar surface area (TPSA) is 110 Å². The third-order valence-electron chi connectivity index (χ3n) is 3.05. The zero-order valence-electron chi connectivity index (χ0n) is 12.4. The van der Waals surface area contributed by atoms with E-state index >= 15 is 0 Å². The van der Waals surface area contributed by atoms with Gasteiger partial charge in [-0.25, -0.2) is 0 Å². The fraction of sp³-hybridized carbons (Fsp3) is 0.125. The van der Waals surface area contributed by atoms with E-state index in [0.717, 1.165) is 11.1 Å². The summed E-state index contributed by atoms with van der Waals surface area (Å²) < 4.78 is 0. The molecule has 0 radical (unpaired) electrons. The van der Waals surface area contributed by atoms with Crippen LogP contribution in [0.1, 0.15) is 13.8 Å². The predicted molar refractivity (Wildman–Crippen MR) is 89.3 cm³/mol. The van der Waals surface area contributed by atoms with Gasteiger partial charge in [0.05, 0.1) is 17.1 Å². The van der Waals surface area contributed by atoms with Crippen molar-refractivity contribution in [3.8, 4) is 11.1 Å². The van der Waals surface area contributed by atoms with E-state index in [1.807, 2.05) is 12.1 Å². The van der Waals surface area contributed by atoms with Crippen LogP contribution in [-0.4, -0.2) is 11.8 Å². The molecule has 0 aromatic heterocycles. The summed E-state index contributed by atoms with van der Waals surface area (Å²) in [5.41, 5.74) is 15.3. The highest BCUT2D eigenvalue weighted by atomic mass is 16.2. The molecule has 114 valence electrons. The van der Waals surface area contributed by atoms with Gasteiger partial charge in [-0.3, -0.25) is 9.59 Å². The third kappa shape index (κ3) is 3.35. The second-order valence-corrected chi connectivity index (χ2v) is 4.94. The van der Waals surface area contributed by atoms with Gasteiger partial charge in [-0.1, -0.05) is 18.2 Å². The highest BCUT2D eigenvalue weighted by Gasteiger charge is 2.14. The molecule has 6 heteroatoms. The number of nitrogens with one attached hydrogen (secondary N) is 2. The highest BCUT2D eigenvalue weighted by Crippen LogP contribution is 2.38. The standard InChI is InChI=1S/C16H18N4O2/c1-9(21)19-14-7-6-13(11-4-3-5-12(17)8-11)16(15(14)18)20-10(2)22/h3-8H,17-18H2,1-2H3,(H,19,21)(H,20,22). The average Bonchev–Trinajstić information content (AvgIpc) is 2.42. The maximum atomic E-state index is 11.5. The summed E-state index contributed by atoms with van der Waals surface area (Å²) in [5.74, 6) is -0.492. The lowest BCUT2D eigenvalue weighted by molar-refractivity contribution is -0.115. The Kier molecular flexibility index (Phi) is 4.31. The predicted octanol–water partition coefficient (Wildman–Crippen LogP) is 2.43. The Morgan fingerprint density at radius 1 is 0.955 bits per heavy atom. The number of anilines is 4. The summed E-state index contributed by atoms with van der Waals surface area (Å²) in [5, 5.41) is 5.35. The molecule has 0 atom stereocenters. The Hall–Kier alpha value is -3.02. The van der Waals surface area contributed by atoms with Crippen molar-refractivity contribution in [2.24, 2.45) is 0 Å². The lowest BCUT2D eigenvalue weighted by Crippen LogP contribution is -2.13. The molecule has 0 bridgehead atoms. The van der Waals surface area contributed by atoms with Gasteiger partial charge in [-0.05, 0) is 23.8 Å².